The summed E-state index contributed by atoms with van der Waals surface area (Å²) in [5, 5.41) is 0. The second-order valence-corrected chi connectivity index (χ2v) is 3.39. The lowest BCUT2D eigenvalue weighted by molar-refractivity contribution is -0.137. The first kappa shape index (κ1) is 12.6. The summed E-state index contributed by atoms with van der Waals surface area (Å²) >= 11 is 0. The van der Waals surface area contributed by atoms with Gasteiger partial charge in [-0.05, 0) is 0 Å². The average molecular weight is 224 g/mol. The van der Waals surface area contributed by atoms with Crippen LogP contribution < -0.4 is 0 Å². The SMILES string of the molecule is COC(=O)/C=C(/C(=O)OC)S(=O)(=O)O. The Bertz CT molecular complexity index is 364. The van der Waals surface area contributed by atoms with Gasteiger partial charge in [0.15, 0.2) is 4.91 Å². The van der Waals surface area contributed by atoms with E-state index < -0.39 is 27.0 Å². The van der Waals surface area contributed by atoms with Gasteiger partial charge in [-0.3, -0.25) is 4.55 Å². The van der Waals surface area contributed by atoms with Crippen molar-refractivity contribution >= 4 is 22.1 Å². The van der Waals surface area contributed by atoms with E-state index in [2.05, 4.69) is 9.47 Å². The van der Waals surface area contributed by atoms with Crippen LogP contribution in [0.5, 0.6) is 0 Å². The molecular weight excluding hydrogens is 216 g/mol. The van der Waals surface area contributed by atoms with Gasteiger partial charge in [0.25, 0.3) is 0 Å². The number of esters is 2. The zero-order chi connectivity index (χ0) is 11.4. The Balaban J connectivity index is 5.24. The summed E-state index contributed by atoms with van der Waals surface area (Å²) in [4.78, 5) is 20.2. The molecule has 7 nitrogen and oxygen atoms in total. The minimum absolute atomic E-state index is 0.321. The topological polar surface area (TPSA) is 107 Å². The normalized spacial score (nSPS) is 12.1. The van der Waals surface area contributed by atoms with Gasteiger partial charge in [-0.2, -0.15) is 8.42 Å². The Kier molecular flexibility index (Phi) is 4.25. The van der Waals surface area contributed by atoms with E-state index in [0.29, 0.717) is 6.08 Å². The van der Waals surface area contributed by atoms with Crippen LogP contribution in [0.2, 0.25) is 0 Å². The average Bonchev–Trinajstić information content (AvgIpc) is 2.10. The molecule has 0 spiro atoms. The molecule has 0 unspecified atom stereocenters. The van der Waals surface area contributed by atoms with E-state index in [1.165, 1.54) is 0 Å². The van der Waals surface area contributed by atoms with Crippen LogP contribution >= 0.6 is 0 Å². The summed E-state index contributed by atoms with van der Waals surface area (Å²) in [5.41, 5.74) is 0. The number of methoxy groups -OCH3 is 2. The molecule has 0 radical (unpaired) electrons. The molecule has 8 heteroatoms. The summed E-state index contributed by atoms with van der Waals surface area (Å²) in [5.74, 6) is -2.44. The zero-order valence-corrected chi connectivity index (χ0v) is 8.20. The molecule has 1 N–H and O–H groups in total. The van der Waals surface area contributed by atoms with Crippen LogP contribution in [0.15, 0.2) is 11.0 Å². The second-order valence-electron chi connectivity index (χ2n) is 2.00. The van der Waals surface area contributed by atoms with Gasteiger partial charge in [-0.1, -0.05) is 0 Å². The van der Waals surface area contributed by atoms with Crippen LogP contribution in [0.1, 0.15) is 0 Å². The third-order valence-corrected chi connectivity index (χ3v) is 1.95. The molecule has 0 aromatic rings. The monoisotopic (exact) mass is 224 g/mol. The van der Waals surface area contributed by atoms with E-state index in [-0.39, 0.29) is 0 Å². The fourth-order valence-electron chi connectivity index (χ4n) is 0.505. The molecule has 0 aliphatic carbocycles. The van der Waals surface area contributed by atoms with E-state index in [1.54, 1.807) is 0 Å². The van der Waals surface area contributed by atoms with Gasteiger partial charge in [0.2, 0.25) is 0 Å². The van der Waals surface area contributed by atoms with E-state index in [0.717, 1.165) is 14.2 Å². The molecule has 0 rings (SSSR count). The van der Waals surface area contributed by atoms with Crippen LogP contribution in [0.25, 0.3) is 0 Å². The first-order valence-corrected chi connectivity index (χ1v) is 4.62. The molecule has 0 aromatic heterocycles. The molecule has 0 saturated carbocycles. The van der Waals surface area contributed by atoms with Crippen molar-refractivity contribution < 1.29 is 32.0 Å². The number of hydrogen-bond donors (Lipinski definition) is 1. The Morgan fingerprint density at radius 1 is 1.21 bits per heavy atom. The summed E-state index contributed by atoms with van der Waals surface area (Å²) in [6, 6.07) is 0. The maximum absolute atomic E-state index is 10.8. The van der Waals surface area contributed by atoms with Crippen LogP contribution in [0.4, 0.5) is 0 Å². The number of rotatable bonds is 3. The van der Waals surface area contributed by atoms with Gasteiger partial charge in [0.05, 0.1) is 20.3 Å². The fraction of sp³-hybridized carbons (Fsp3) is 0.333. The highest BCUT2D eigenvalue weighted by Crippen LogP contribution is 2.06. The van der Waals surface area contributed by atoms with E-state index in [9.17, 15) is 18.0 Å². The standard InChI is InChI=1S/C6H8O7S/c1-12-5(7)3-4(6(8)13-2)14(9,10)11/h3H,1-2H3,(H,9,10,11)/b4-3-. The molecule has 0 aliphatic rings. The van der Waals surface area contributed by atoms with Crippen molar-refractivity contribution in [2.75, 3.05) is 14.2 Å². The summed E-state index contributed by atoms with van der Waals surface area (Å²) in [7, 11) is -2.91. The van der Waals surface area contributed by atoms with Gasteiger partial charge in [-0.15, -0.1) is 0 Å². The maximum atomic E-state index is 10.8. The highest BCUT2D eigenvalue weighted by atomic mass is 32.2. The van der Waals surface area contributed by atoms with Crippen molar-refractivity contribution in [2.45, 2.75) is 0 Å². The van der Waals surface area contributed by atoms with Gasteiger partial charge in [-0.25, -0.2) is 9.59 Å². The van der Waals surface area contributed by atoms with Crippen LogP contribution in [-0.4, -0.2) is 39.1 Å². The van der Waals surface area contributed by atoms with Gasteiger partial charge >= 0.3 is 22.1 Å². The molecule has 0 saturated heterocycles. The Morgan fingerprint density at radius 3 is 2.00 bits per heavy atom. The smallest absolute Gasteiger partial charge is 0.352 e. The number of carbonyl (C=O) groups excluding carboxylic acids is 2. The molecule has 0 fully saturated rings. The molecule has 0 bridgehead atoms. The Morgan fingerprint density at radius 2 is 1.71 bits per heavy atom. The first-order valence-electron chi connectivity index (χ1n) is 3.18. The molecule has 14 heavy (non-hydrogen) atoms. The van der Waals surface area contributed by atoms with Crippen molar-refractivity contribution in [3.8, 4) is 0 Å². The Labute approximate surface area is 80.1 Å². The molecule has 0 aliphatic heterocycles. The van der Waals surface area contributed by atoms with Crippen LogP contribution in [0, 0.1) is 0 Å². The molecule has 0 aromatic carbocycles. The summed E-state index contributed by atoms with van der Waals surface area (Å²) < 4.78 is 37.7. The van der Waals surface area contributed by atoms with Crippen molar-refractivity contribution in [3.63, 3.8) is 0 Å². The predicted octanol–water partition coefficient (Wildman–Crippen LogP) is -0.896. The minimum Gasteiger partial charge on any atom is -0.466 e. The number of ether oxygens (including phenoxy) is 2. The lowest BCUT2D eigenvalue weighted by Gasteiger charge is -2.00. The van der Waals surface area contributed by atoms with Crippen molar-refractivity contribution in [1.82, 2.24) is 0 Å². The maximum Gasteiger partial charge on any atom is 0.352 e. The number of carbonyl (C=O) groups is 2. The van der Waals surface area contributed by atoms with E-state index in [4.69, 9.17) is 4.55 Å². The van der Waals surface area contributed by atoms with Crippen molar-refractivity contribution in [2.24, 2.45) is 0 Å². The first-order chi connectivity index (χ1) is 6.32. The zero-order valence-electron chi connectivity index (χ0n) is 7.38. The highest BCUT2D eigenvalue weighted by Gasteiger charge is 2.24. The lowest BCUT2D eigenvalue weighted by Crippen LogP contribution is -2.16. The van der Waals surface area contributed by atoms with Crippen LogP contribution in [0.3, 0.4) is 0 Å². The summed E-state index contributed by atoms with van der Waals surface area (Å²) in [6.07, 6.45) is 0.321. The quantitative estimate of drug-likeness (QED) is 0.376. The third-order valence-electron chi connectivity index (χ3n) is 1.11. The van der Waals surface area contributed by atoms with Crippen molar-refractivity contribution in [1.29, 1.82) is 0 Å². The van der Waals surface area contributed by atoms with Gasteiger partial charge in [0, 0.05) is 0 Å². The highest BCUT2D eigenvalue weighted by molar-refractivity contribution is 7.90. The molecule has 0 atom stereocenters. The molecule has 80 valence electrons. The molecular formula is C6H8O7S. The fourth-order valence-corrected chi connectivity index (χ4v) is 1.04. The third kappa shape index (κ3) is 3.54. The van der Waals surface area contributed by atoms with E-state index >= 15 is 0 Å². The van der Waals surface area contributed by atoms with Gasteiger partial charge < -0.3 is 9.47 Å². The minimum atomic E-state index is -4.80. The van der Waals surface area contributed by atoms with Crippen molar-refractivity contribution in [3.05, 3.63) is 11.0 Å². The summed E-state index contributed by atoms with van der Waals surface area (Å²) in [6.45, 7) is 0. The largest absolute Gasteiger partial charge is 0.466 e. The van der Waals surface area contributed by atoms with Crippen LogP contribution in [-0.2, 0) is 29.2 Å². The van der Waals surface area contributed by atoms with Gasteiger partial charge in [0.1, 0.15) is 0 Å². The number of hydrogen-bond acceptors (Lipinski definition) is 6. The second kappa shape index (κ2) is 4.72. The van der Waals surface area contributed by atoms with E-state index in [1.807, 2.05) is 0 Å². The molecule has 0 heterocycles. The predicted molar refractivity (Wildman–Crippen MR) is 43.7 cm³/mol. The molecule has 0 amide bonds. The Hall–Kier alpha value is -1.41. The lowest BCUT2D eigenvalue weighted by atomic mass is 10.5.